The summed E-state index contributed by atoms with van der Waals surface area (Å²) in [5, 5.41) is 0. The molecule has 2 saturated heterocycles. The van der Waals surface area contributed by atoms with Gasteiger partial charge in [-0.05, 0) is 44.9 Å². The first kappa shape index (κ1) is 19.0. The Kier molecular flexibility index (Phi) is 5.17. The van der Waals surface area contributed by atoms with Crippen LogP contribution in [0.1, 0.15) is 73.2 Å². The minimum Gasteiger partial charge on any atom is -0.487 e. The van der Waals surface area contributed by atoms with Gasteiger partial charge in [0.1, 0.15) is 5.56 Å². The molecule has 3 aliphatic heterocycles. The molecular formula is C21H28N2O5. The Labute approximate surface area is 164 Å². The maximum atomic E-state index is 13.4. The summed E-state index contributed by atoms with van der Waals surface area (Å²) in [4.78, 5) is 40.8. The molecule has 0 aromatic carbocycles. The molecule has 152 valence electrons. The Balaban J connectivity index is 1.80. The fourth-order valence-electron chi connectivity index (χ4n) is 4.95. The normalized spacial score (nSPS) is 25.3. The fraction of sp³-hybridized carbons (Fsp3) is 0.667. The van der Waals surface area contributed by atoms with Gasteiger partial charge in [0.05, 0.1) is 19.3 Å². The van der Waals surface area contributed by atoms with Gasteiger partial charge in [-0.3, -0.25) is 9.59 Å². The molecule has 4 heterocycles. The molecule has 0 N–H and O–H groups in total. The van der Waals surface area contributed by atoms with Crippen LogP contribution in [0.5, 0.6) is 5.75 Å². The third kappa shape index (κ3) is 3.01. The van der Waals surface area contributed by atoms with Crippen molar-refractivity contribution in [2.45, 2.75) is 71.0 Å². The highest BCUT2D eigenvalue weighted by Gasteiger charge is 2.48. The van der Waals surface area contributed by atoms with E-state index in [1.807, 2.05) is 11.8 Å². The Hall–Kier alpha value is -2.31. The molecule has 0 unspecified atom stereocenters. The Morgan fingerprint density at radius 3 is 2.61 bits per heavy atom. The molecular weight excluding hydrogens is 360 g/mol. The van der Waals surface area contributed by atoms with Crippen molar-refractivity contribution in [2.75, 3.05) is 13.2 Å². The van der Waals surface area contributed by atoms with Crippen molar-refractivity contribution >= 4 is 11.9 Å². The molecule has 3 fully saturated rings. The van der Waals surface area contributed by atoms with Crippen molar-refractivity contribution in [2.24, 2.45) is 5.92 Å². The largest absolute Gasteiger partial charge is 0.487 e. The standard InChI is InChI=1S/C21H28N2O5/c1-3-5-10-28-19-17-20(25)23-14-8-6-13(7-9-14)16(23)12-22(17)11-15(18(19)24)21(26)27-4-2/h11,13-14,16H,3-10,12H2,1-2H3/t13-,14+,16-/m0/s1. The number of pyridine rings is 1. The zero-order valence-corrected chi connectivity index (χ0v) is 16.6. The number of nitrogens with zero attached hydrogens (tertiary/aromatic N) is 2. The van der Waals surface area contributed by atoms with Gasteiger partial charge >= 0.3 is 5.97 Å². The minimum atomic E-state index is -0.664. The van der Waals surface area contributed by atoms with Crippen LogP contribution in [0.15, 0.2) is 11.0 Å². The zero-order valence-electron chi connectivity index (χ0n) is 16.6. The first-order valence-electron chi connectivity index (χ1n) is 10.5. The summed E-state index contributed by atoms with van der Waals surface area (Å²) < 4.78 is 12.6. The van der Waals surface area contributed by atoms with E-state index in [1.54, 1.807) is 11.5 Å². The van der Waals surface area contributed by atoms with Crippen molar-refractivity contribution < 1.29 is 19.1 Å². The number of piperidine rings is 2. The van der Waals surface area contributed by atoms with Crippen LogP contribution >= 0.6 is 0 Å². The van der Waals surface area contributed by atoms with Crippen molar-refractivity contribution in [3.05, 3.63) is 27.7 Å². The van der Waals surface area contributed by atoms with Crippen LogP contribution in [0.2, 0.25) is 0 Å². The summed E-state index contributed by atoms with van der Waals surface area (Å²) in [6.45, 7) is 4.85. The summed E-state index contributed by atoms with van der Waals surface area (Å²) >= 11 is 0. The SMILES string of the molecule is CCCCOc1c2n(cc(C(=O)OCC)c1=O)C[C@H]1[C@H]3CC[C@H](CC3)N1C2=O. The number of aromatic nitrogens is 1. The quantitative estimate of drug-likeness (QED) is 0.553. The van der Waals surface area contributed by atoms with E-state index < -0.39 is 11.4 Å². The highest BCUT2D eigenvalue weighted by molar-refractivity contribution is 5.98. The van der Waals surface area contributed by atoms with Gasteiger partial charge in [-0.25, -0.2) is 4.79 Å². The van der Waals surface area contributed by atoms with Gasteiger partial charge in [-0.2, -0.15) is 0 Å². The van der Waals surface area contributed by atoms with Gasteiger partial charge in [-0.1, -0.05) is 13.3 Å². The van der Waals surface area contributed by atoms with Gasteiger partial charge in [0.2, 0.25) is 5.43 Å². The number of esters is 1. The van der Waals surface area contributed by atoms with Gasteiger partial charge in [0.15, 0.2) is 11.4 Å². The van der Waals surface area contributed by atoms with Crippen LogP contribution in [0.25, 0.3) is 0 Å². The lowest BCUT2D eigenvalue weighted by Gasteiger charge is -2.54. The van der Waals surface area contributed by atoms with E-state index >= 15 is 0 Å². The van der Waals surface area contributed by atoms with Crippen molar-refractivity contribution in [1.82, 2.24) is 9.47 Å². The average Bonchev–Trinajstić information content (AvgIpc) is 2.70. The molecule has 4 aliphatic rings. The highest BCUT2D eigenvalue weighted by atomic mass is 16.5. The van der Waals surface area contributed by atoms with E-state index in [-0.39, 0.29) is 41.6 Å². The van der Waals surface area contributed by atoms with Gasteiger partial charge in [0.25, 0.3) is 5.91 Å². The topological polar surface area (TPSA) is 77.8 Å². The first-order valence-corrected chi connectivity index (χ1v) is 10.5. The lowest BCUT2D eigenvalue weighted by molar-refractivity contribution is -0.0182. The Morgan fingerprint density at radius 2 is 1.93 bits per heavy atom. The molecule has 1 aromatic rings. The Morgan fingerprint density at radius 1 is 1.18 bits per heavy atom. The number of ether oxygens (including phenoxy) is 2. The smallest absolute Gasteiger partial charge is 0.343 e. The predicted molar refractivity (Wildman–Crippen MR) is 103 cm³/mol. The number of rotatable bonds is 6. The van der Waals surface area contributed by atoms with Gasteiger partial charge in [-0.15, -0.1) is 0 Å². The molecule has 1 aromatic heterocycles. The summed E-state index contributed by atoms with van der Waals surface area (Å²) in [5.41, 5.74) is -0.313. The average molecular weight is 388 g/mol. The van der Waals surface area contributed by atoms with Gasteiger partial charge in [0, 0.05) is 18.8 Å². The summed E-state index contributed by atoms with van der Waals surface area (Å²) in [7, 11) is 0. The molecule has 1 atom stereocenters. The van der Waals surface area contributed by atoms with E-state index in [2.05, 4.69) is 0 Å². The summed E-state index contributed by atoms with van der Waals surface area (Å²) in [6, 6.07) is 0.383. The number of carbonyl (C=O) groups excluding carboxylic acids is 2. The first-order chi connectivity index (χ1) is 13.6. The van der Waals surface area contributed by atoms with Crippen LogP contribution in [-0.2, 0) is 11.3 Å². The maximum absolute atomic E-state index is 13.4. The molecule has 7 nitrogen and oxygen atoms in total. The van der Waals surface area contributed by atoms with Crippen LogP contribution in [0.3, 0.4) is 0 Å². The van der Waals surface area contributed by atoms with E-state index in [0.717, 1.165) is 38.5 Å². The summed E-state index contributed by atoms with van der Waals surface area (Å²) in [6.07, 6.45) is 7.52. The van der Waals surface area contributed by atoms with Gasteiger partial charge < -0.3 is 18.9 Å². The van der Waals surface area contributed by atoms with Crippen LogP contribution in [-0.4, -0.2) is 46.6 Å². The number of unbranched alkanes of at least 4 members (excludes halogenated alkanes) is 1. The molecule has 0 radical (unpaired) electrons. The number of hydrogen-bond acceptors (Lipinski definition) is 5. The number of fused-ring (bicyclic) bond motifs is 3. The van der Waals surface area contributed by atoms with E-state index in [1.165, 1.54) is 6.20 Å². The molecule has 28 heavy (non-hydrogen) atoms. The molecule has 1 saturated carbocycles. The molecule has 2 bridgehead atoms. The van der Waals surface area contributed by atoms with Crippen LogP contribution in [0, 0.1) is 5.92 Å². The Bertz CT molecular complexity index is 838. The molecule has 7 heteroatoms. The van der Waals surface area contributed by atoms with E-state index in [9.17, 15) is 14.4 Å². The lowest BCUT2D eigenvalue weighted by Crippen LogP contribution is -2.62. The fourth-order valence-corrected chi connectivity index (χ4v) is 4.95. The molecule has 5 rings (SSSR count). The van der Waals surface area contributed by atoms with Crippen molar-refractivity contribution in [1.29, 1.82) is 0 Å². The predicted octanol–water partition coefficient (Wildman–Crippen LogP) is 2.60. The zero-order chi connectivity index (χ0) is 19.8. The van der Waals surface area contributed by atoms with Crippen LogP contribution in [0.4, 0.5) is 0 Å². The molecule has 0 spiro atoms. The summed E-state index contributed by atoms with van der Waals surface area (Å²) in [5.74, 6) is -0.311. The minimum absolute atomic E-state index is 0.00361. The second-order valence-electron chi connectivity index (χ2n) is 7.97. The second kappa shape index (κ2) is 7.60. The number of amides is 1. The van der Waals surface area contributed by atoms with E-state index in [4.69, 9.17) is 9.47 Å². The third-order valence-electron chi connectivity index (χ3n) is 6.33. The molecule has 1 amide bonds. The highest BCUT2D eigenvalue weighted by Crippen LogP contribution is 2.43. The third-order valence-corrected chi connectivity index (χ3v) is 6.33. The van der Waals surface area contributed by atoms with Crippen molar-refractivity contribution in [3.63, 3.8) is 0 Å². The van der Waals surface area contributed by atoms with Crippen molar-refractivity contribution in [3.8, 4) is 5.75 Å². The second-order valence-corrected chi connectivity index (χ2v) is 7.97. The monoisotopic (exact) mass is 388 g/mol. The molecule has 1 aliphatic carbocycles. The van der Waals surface area contributed by atoms with E-state index in [0.29, 0.717) is 19.1 Å². The van der Waals surface area contributed by atoms with Crippen LogP contribution < -0.4 is 10.2 Å². The number of hydrogen-bond donors (Lipinski definition) is 0. The maximum Gasteiger partial charge on any atom is 0.343 e. The lowest BCUT2D eigenvalue weighted by atomic mass is 9.73. The number of carbonyl (C=O) groups is 2.